The van der Waals surface area contributed by atoms with Crippen molar-refractivity contribution in [2.45, 2.75) is 27.7 Å². The summed E-state index contributed by atoms with van der Waals surface area (Å²) in [5.41, 5.74) is 16.6. The molecule has 9 aromatic rings. The van der Waals surface area contributed by atoms with Crippen LogP contribution in [0.25, 0.3) is 61.4 Å². The van der Waals surface area contributed by atoms with Crippen LogP contribution < -0.4 is 4.90 Å². The van der Waals surface area contributed by atoms with E-state index >= 15 is 0 Å². The van der Waals surface area contributed by atoms with E-state index in [1.807, 2.05) is 0 Å². The molecule has 0 radical (unpaired) electrons. The van der Waals surface area contributed by atoms with Gasteiger partial charge in [-0.1, -0.05) is 113 Å². The summed E-state index contributed by atoms with van der Waals surface area (Å²) < 4.78 is 2.37. The maximum absolute atomic E-state index is 5.12. The number of hydrogen-bond donors (Lipinski definition) is 0. The third-order valence-electron chi connectivity index (χ3n) is 10.2. The molecule has 9 rings (SSSR count). The minimum Gasteiger partial charge on any atom is -0.310 e. The monoisotopic (exact) mass is 696 g/mol. The molecule has 4 nitrogen and oxygen atoms in total. The van der Waals surface area contributed by atoms with Crippen molar-refractivity contribution in [1.82, 2.24) is 14.5 Å². The van der Waals surface area contributed by atoms with Gasteiger partial charge < -0.3 is 9.47 Å². The van der Waals surface area contributed by atoms with Crippen molar-refractivity contribution in [2.24, 2.45) is 0 Å². The van der Waals surface area contributed by atoms with E-state index in [-0.39, 0.29) is 0 Å². The molecule has 0 atom stereocenters. The molecule has 7 aromatic carbocycles. The van der Waals surface area contributed by atoms with Crippen LogP contribution in [0.4, 0.5) is 17.1 Å². The van der Waals surface area contributed by atoms with Crippen LogP contribution in [0.5, 0.6) is 0 Å². The van der Waals surface area contributed by atoms with Gasteiger partial charge >= 0.3 is 0 Å². The number of aromatic nitrogens is 3. The van der Waals surface area contributed by atoms with E-state index in [1.54, 1.807) is 0 Å². The Labute approximate surface area is 316 Å². The van der Waals surface area contributed by atoms with E-state index < -0.39 is 0 Å². The van der Waals surface area contributed by atoms with Gasteiger partial charge in [0.1, 0.15) is 0 Å². The Morgan fingerprint density at radius 1 is 0.389 bits per heavy atom. The van der Waals surface area contributed by atoms with Crippen molar-refractivity contribution in [3.63, 3.8) is 0 Å². The third-order valence-corrected chi connectivity index (χ3v) is 10.2. The number of aryl methyl sites for hydroxylation is 4. The summed E-state index contributed by atoms with van der Waals surface area (Å²) in [7, 11) is 0. The second-order valence-electron chi connectivity index (χ2n) is 14.3. The Bertz CT molecular complexity index is 2680. The van der Waals surface area contributed by atoms with Crippen LogP contribution in [0.3, 0.4) is 0 Å². The number of anilines is 3. The third kappa shape index (κ3) is 6.22. The Kier molecular flexibility index (Phi) is 8.36. The maximum atomic E-state index is 5.12. The average Bonchev–Trinajstić information content (AvgIpc) is 3.53. The lowest BCUT2D eigenvalue weighted by molar-refractivity contribution is 1.17. The van der Waals surface area contributed by atoms with Crippen LogP contribution in [0.2, 0.25) is 0 Å². The van der Waals surface area contributed by atoms with Gasteiger partial charge in [0.25, 0.3) is 0 Å². The van der Waals surface area contributed by atoms with Gasteiger partial charge in [-0.05, 0) is 107 Å². The van der Waals surface area contributed by atoms with Crippen molar-refractivity contribution < 1.29 is 0 Å². The first-order valence-electron chi connectivity index (χ1n) is 18.5. The topological polar surface area (TPSA) is 34.0 Å². The predicted molar refractivity (Wildman–Crippen MR) is 226 cm³/mol. The molecule has 0 bridgehead atoms. The number of rotatable bonds is 7. The van der Waals surface area contributed by atoms with Gasteiger partial charge in [0.2, 0.25) is 0 Å². The van der Waals surface area contributed by atoms with E-state index in [0.29, 0.717) is 0 Å². The summed E-state index contributed by atoms with van der Waals surface area (Å²) in [4.78, 5) is 12.5. The molecule has 0 fully saturated rings. The molecule has 4 heteroatoms. The average molecular weight is 697 g/mol. The fourth-order valence-electron chi connectivity index (χ4n) is 7.45. The van der Waals surface area contributed by atoms with E-state index in [0.717, 1.165) is 62.2 Å². The highest BCUT2D eigenvalue weighted by Crippen LogP contribution is 2.40. The number of fused-ring (bicyclic) bond motifs is 3. The van der Waals surface area contributed by atoms with E-state index in [2.05, 4.69) is 207 Å². The van der Waals surface area contributed by atoms with E-state index in [9.17, 15) is 0 Å². The molecule has 2 aromatic heterocycles. The molecule has 0 aliphatic carbocycles. The summed E-state index contributed by atoms with van der Waals surface area (Å²) in [5, 5.41) is 2.42. The highest BCUT2D eigenvalue weighted by molar-refractivity contribution is 6.10. The van der Waals surface area contributed by atoms with Crippen LogP contribution in [0, 0.1) is 27.7 Å². The Morgan fingerprint density at radius 3 is 1.59 bits per heavy atom. The van der Waals surface area contributed by atoms with Crippen molar-refractivity contribution in [2.75, 3.05) is 4.90 Å². The van der Waals surface area contributed by atoms with Crippen LogP contribution in [-0.2, 0) is 0 Å². The smallest absolute Gasteiger partial charge is 0.160 e. The number of nitrogens with zero attached hydrogens (tertiary/aromatic N) is 4. The second kappa shape index (κ2) is 13.6. The normalized spacial score (nSPS) is 11.3. The molecule has 2 heterocycles. The minimum absolute atomic E-state index is 0.723. The molecular formula is C50H40N4. The second-order valence-corrected chi connectivity index (χ2v) is 14.3. The zero-order valence-corrected chi connectivity index (χ0v) is 31.0. The molecule has 0 saturated heterocycles. The first-order chi connectivity index (χ1) is 26.4. The summed E-state index contributed by atoms with van der Waals surface area (Å²) >= 11 is 0. The lowest BCUT2D eigenvalue weighted by atomic mass is 10.0. The van der Waals surface area contributed by atoms with Gasteiger partial charge in [-0.2, -0.15) is 0 Å². The van der Waals surface area contributed by atoms with E-state index in [4.69, 9.17) is 9.97 Å². The van der Waals surface area contributed by atoms with E-state index in [1.165, 1.54) is 38.5 Å². The molecule has 54 heavy (non-hydrogen) atoms. The van der Waals surface area contributed by atoms with Crippen molar-refractivity contribution >= 4 is 38.9 Å². The summed E-state index contributed by atoms with van der Waals surface area (Å²) in [6.45, 7) is 8.48. The minimum atomic E-state index is 0.723. The molecule has 0 aliphatic rings. The number of para-hydroxylation sites is 1. The van der Waals surface area contributed by atoms with Crippen LogP contribution in [-0.4, -0.2) is 14.5 Å². The predicted octanol–water partition coefficient (Wildman–Crippen LogP) is 13.3. The summed E-state index contributed by atoms with van der Waals surface area (Å²) in [6, 6.07) is 60.9. The molecule has 0 saturated carbocycles. The Balaban J connectivity index is 1.15. The number of hydrogen-bond acceptors (Lipinski definition) is 3. The van der Waals surface area contributed by atoms with Gasteiger partial charge in [0.15, 0.2) is 5.82 Å². The van der Waals surface area contributed by atoms with Crippen molar-refractivity contribution in [3.05, 3.63) is 192 Å². The fourth-order valence-corrected chi connectivity index (χ4v) is 7.45. The first-order valence-corrected chi connectivity index (χ1v) is 18.5. The summed E-state index contributed by atoms with van der Waals surface area (Å²) in [5.74, 6) is 0.723. The largest absolute Gasteiger partial charge is 0.310 e. The fraction of sp³-hybridized carbons (Fsp3) is 0.0800. The SMILES string of the molecule is Cc1ccc(N(c2ccc(C)cc2)c2ccc3c(c2)c2ccccc2n3-c2ccc(-c3cc(-c4cccc(C)c4)nc(-c4cccc(C)c4)n3)cc2)cc1. The Hall–Kier alpha value is -6.78. The lowest BCUT2D eigenvalue weighted by Gasteiger charge is -2.26. The van der Waals surface area contributed by atoms with Gasteiger partial charge in [-0.15, -0.1) is 0 Å². The summed E-state index contributed by atoms with van der Waals surface area (Å²) in [6.07, 6.45) is 0. The van der Waals surface area contributed by atoms with Crippen LogP contribution in [0.15, 0.2) is 170 Å². The number of benzene rings is 7. The zero-order valence-electron chi connectivity index (χ0n) is 31.0. The van der Waals surface area contributed by atoms with Crippen LogP contribution >= 0.6 is 0 Å². The quantitative estimate of drug-likeness (QED) is 0.166. The molecule has 0 spiro atoms. The van der Waals surface area contributed by atoms with Crippen molar-refractivity contribution in [3.8, 4) is 39.6 Å². The first kappa shape index (κ1) is 33.1. The zero-order chi connectivity index (χ0) is 36.8. The Morgan fingerprint density at radius 2 is 0.944 bits per heavy atom. The highest BCUT2D eigenvalue weighted by atomic mass is 15.1. The molecular weight excluding hydrogens is 657 g/mol. The molecule has 260 valence electrons. The maximum Gasteiger partial charge on any atom is 0.160 e. The van der Waals surface area contributed by atoms with Gasteiger partial charge in [0, 0.05) is 50.2 Å². The lowest BCUT2D eigenvalue weighted by Crippen LogP contribution is -2.09. The van der Waals surface area contributed by atoms with Crippen LogP contribution in [0.1, 0.15) is 22.3 Å². The van der Waals surface area contributed by atoms with Gasteiger partial charge in [-0.25, -0.2) is 9.97 Å². The molecule has 0 amide bonds. The molecule has 0 aliphatic heterocycles. The molecule has 0 unspecified atom stereocenters. The highest BCUT2D eigenvalue weighted by Gasteiger charge is 2.18. The standard InChI is InChI=1S/C50H40N4/c1-33-15-21-40(22-16-33)53(41-23-17-34(2)18-24-41)43-27-28-49-45(31-43)44-13-5-6-14-48(44)54(49)42-25-19-37(20-26-42)46-32-47(38-11-7-9-35(3)29-38)52-50(51-46)39-12-8-10-36(4)30-39/h5-32H,1-4H3. The van der Waals surface area contributed by atoms with Gasteiger partial charge in [0.05, 0.1) is 22.4 Å². The van der Waals surface area contributed by atoms with Crippen molar-refractivity contribution in [1.29, 1.82) is 0 Å². The molecule has 0 N–H and O–H groups in total. The van der Waals surface area contributed by atoms with Gasteiger partial charge in [-0.3, -0.25) is 0 Å².